The van der Waals surface area contributed by atoms with E-state index in [1.807, 2.05) is 47.8 Å². The molecule has 0 spiro atoms. The maximum Gasteiger partial charge on any atom is 0.257 e. The monoisotopic (exact) mass is 440 g/mol. The van der Waals surface area contributed by atoms with Crippen molar-refractivity contribution >= 4 is 56.6 Å². The van der Waals surface area contributed by atoms with Crippen LogP contribution in [0.4, 0.5) is 5.13 Å². The molecule has 2 aromatic carbocycles. The molecule has 0 aliphatic carbocycles. The van der Waals surface area contributed by atoms with Gasteiger partial charge in [0.25, 0.3) is 5.91 Å². The molecule has 3 rings (SSSR count). The molecule has 0 fully saturated rings. The Morgan fingerprint density at radius 2 is 1.95 bits per heavy atom. The van der Waals surface area contributed by atoms with Gasteiger partial charge in [0, 0.05) is 25.1 Å². The number of rotatable bonds is 3. The van der Waals surface area contributed by atoms with Gasteiger partial charge < -0.3 is 0 Å². The summed E-state index contributed by atoms with van der Waals surface area (Å²) in [4.78, 5) is 16.6. The lowest BCUT2D eigenvalue weighted by atomic mass is 10.2. The zero-order chi connectivity index (χ0) is 15.5. The molecule has 0 atom stereocenters. The quantitative estimate of drug-likeness (QED) is 0.560. The van der Waals surface area contributed by atoms with Gasteiger partial charge in [0.2, 0.25) is 0 Å². The molecule has 0 aliphatic heterocycles. The summed E-state index contributed by atoms with van der Waals surface area (Å²) in [6.07, 6.45) is 0. The van der Waals surface area contributed by atoms with Gasteiger partial charge in [-0.15, -0.1) is 11.3 Å². The third-order valence-corrected chi connectivity index (χ3v) is 4.63. The minimum absolute atomic E-state index is 0.157. The van der Waals surface area contributed by atoms with E-state index >= 15 is 0 Å². The van der Waals surface area contributed by atoms with Gasteiger partial charge >= 0.3 is 0 Å². The van der Waals surface area contributed by atoms with E-state index in [1.165, 1.54) is 11.3 Å². The summed E-state index contributed by atoms with van der Waals surface area (Å²) in [6, 6.07) is 14.9. The molecule has 3 nitrogen and oxygen atoms in total. The second-order valence-electron chi connectivity index (χ2n) is 4.51. The first kappa shape index (κ1) is 15.5. The maximum atomic E-state index is 12.2. The Bertz CT molecular complexity index is 817. The van der Waals surface area contributed by atoms with E-state index in [9.17, 15) is 4.79 Å². The fourth-order valence-electron chi connectivity index (χ4n) is 1.88. The molecular formula is C16H10ClIN2OS. The van der Waals surface area contributed by atoms with Crippen LogP contribution in [0.1, 0.15) is 10.4 Å². The zero-order valence-electron chi connectivity index (χ0n) is 11.2. The molecule has 0 saturated heterocycles. The van der Waals surface area contributed by atoms with Crippen molar-refractivity contribution < 1.29 is 4.79 Å². The van der Waals surface area contributed by atoms with E-state index < -0.39 is 0 Å². The largest absolute Gasteiger partial charge is 0.298 e. The van der Waals surface area contributed by atoms with Crippen LogP contribution in [-0.2, 0) is 0 Å². The smallest absolute Gasteiger partial charge is 0.257 e. The SMILES string of the molecule is O=C(Nc1nc(-c2ccc(Cl)cc2)cs1)c1cccc(I)c1. The Kier molecular flexibility index (Phi) is 4.75. The Labute approximate surface area is 150 Å². The Morgan fingerprint density at radius 1 is 1.18 bits per heavy atom. The fourth-order valence-corrected chi connectivity index (χ4v) is 3.27. The van der Waals surface area contributed by atoms with Crippen molar-refractivity contribution in [1.82, 2.24) is 4.98 Å². The molecule has 0 saturated carbocycles. The Morgan fingerprint density at radius 3 is 2.68 bits per heavy atom. The third kappa shape index (κ3) is 3.66. The highest BCUT2D eigenvalue weighted by Crippen LogP contribution is 2.26. The molecule has 0 aliphatic rings. The summed E-state index contributed by atoms with van der Waals surface area (Å²) < 4.78 is 1.02. The molecule has 1 heterocycles. The van der Waals surface area contributed by atoms with Crippen LogP contribution < -0.4 is 5.32 Å². The number of thiazole rings is 1. The van der Waals surface area contributed by atoms with Gasteiger partial charge in [-0.05, 0) is 52.9 Å². The lowest BCUT2D eigenvalue weighted by Crippen LogP contribution is -2.11. The normalized spacial score (nSPS) is 10.5. The summed E-state index contributed by atoms with van der Waals surface area (Å²) in [7, 11) is 0. The van der Waals surface area contributed by atoms with Crippen LogP contribution in [-0.4, -0.2) is 10.9 Å². The number of anilines is 1. The van der Waals surface area contributed by atoms with E-state index in [1.54, 1.807) is 6.07 Å². The first-order valence-electron chi connectivity index (χ1n) is 6.40. The van der Waals surface area contributed by atoms with Gasteiger partial charge in [-0.3, -0.25) is 10.1 Å². The van der Waals surface area contributed by atoms with Crippen LogP contribution in [0.25, 0.3) is 11.3 Å². The fraction of sp³-hybridized carbons (Fsp3) is 0. The van der Waals surface area contributed by atoms with Crippen LogP contribution in [0.3, 0.4) is 0 Å². The number of carbonyl (C=O) groups excluding carboxylic acids is 1. The van der Waals surface area contributed by atoms with E-state index in [0.29, 0.717) is 15.7 Å². The van der Waals surface area contributed by atoms with Crippen LogP contribution in [0.15, 0.2) is 53.9 Å². The maximum absolute atomic E-state index is 12.2. The topological polar surface area (TPSA) is 42.0 Å². The number of nitrogens with zero attached hydrogens (tertiary/aromatic N) is 1. The van der Waals surface area contributed by atoms with Crippen molar-refractivity contribution in [3.8, 4) is 11.3 Å². The molecule has 1 amide bonds. The highest BCUT2D eigenvalue weighted by Gasteiger charge is 2.10. The molecule has 0 unspecified atom stereocenters. The summed E-state index contributed by atoms with van der Waals surface area (Å²) in [6.45, 7) is 0. The van der Waals surface area contributed by atoms with Crippen molar-refractivity contribution in [1.29, 1.82) is 0 Å². The number of amides is 1. The Balaban J connectivity index is 1.77. The minimum Gasteiger partial charge on any atom is -0.298 e. The number of hydrogen-bond acceptors (Lipinski definition) is 3. The van der Waals surface area contributed by atoms with Crippen LogP contribution in [0.2, 0.25) is 5.02 Å². The third-order valence-electron chi connectivity index (χ3n) is 2.95. The van der Waals surface area contributed by atoms with Crippen LogP contribution in [0, 0.1) is 3.57 Å². The number of benzene rings is 2. The van der Waals surface area contributed by atoms with E-state index in [0.717, 1.165) is 14.8 Å². The lowest BCUT2D eigenvalue weighted by Gasteiger charge is -2.02. The molecule has 1 aromatic heterocycles. The molecule has 6 heteroatoms. The van der Waals surface area contributed by atoms with Gasteiger partial charge in [-0.2, -0.15) is 0 Å². The van der Waals surface area contributed by atoms with Crippen molar-refractivity contribution in [2.45, 2.75) is 0 Å². The first-order valence-corrected chi connectivity index (χ1v) is 8.74. The van der Waals surface area contributed by atoms with E-state index in [4.69, 9.17) is 11.6 Å². The van der Waals surface area contributed by atoms with Crippen molar-refractivity contribution in [3.63, 3.8) is 0 Å². The second-order valence-corrected chi connectivity index (χ2v) is 7.05. The number of carbonyl (C=O) groups is 1. The van der Waals surface area contributed by atoms with Gasteiger partial charge in [-0.25, -0.2) is 4.98 Å². The average Bonchev–Trinajstić information content (AvgIpc) is 2.96. The molecule has 0 radical (unpaired) electrons. The van der Waals surface area contributed by atoms with Crippen LogP contribution >= 0.6 is 45.5 Å². The molecule has 0 bridgehead atoms. The average molecular weight is 441 g/mol. The highest BCUT2D eigenvalue weighted by atomic mass is 127. The molecule has 1 N–H and O–H groups in total. The summed E-state index contributed by atoms with van der Waals surface area (Å²) in [5.74, 6) is -0.157. The highest BCUT2D eigenvalue weighted by molar-refractivity contribution is 14.1. The van der Waals surface area contributed by atoms with Gasteiger partial charge in [0.15, 0.2) is 5.13 Å². The minimum atomic E-state index is -0.157. The number of aromatic nitrogens is 1. The molecular weight excluding hydrogens is 431 g/mol. The van der Waals surface area contributed by atoms with Crippen molar-refractivity contribution in [2.75, 3.05) is 5.32 Å². The van der Waals surface area contributed by atoms with Crippen LogP contribution in [0.5, 0.6) is 0 Å². The number of halogens is 2. The molecule has 3 aromatic rings. The van der Waals surface area contributed by atoms with E-state index in [2.05, 4.69) is 32.9 Å². The first-order chi connectivity index (χ1) is 10.6. The van der Waals surface area contributed by atoms with Gasteiger partial charge in [0.05, 0.1) is 5.69 Å². The summed E-state index contributed by atoms with van der Waals surface area (Å²) >= 11 is 9.46. The summed E-state index contributed by atoms with van der Waals surface area (Å²) in [5.41, 5.74) is 2.41. The zero-order valence-corrected chi connectivity index (χ0v) is 14.9. The predicted molar refractivity (Wildman–Crippen MR) is 99.7 cm³/mol. The standard InChI is InChI=1S/C16H10ClIN2OS/c17-12-6-4-10(5-7-12)14-9-22-16(19-14)20-15(21)11-2-1-3-13(18)8-11/h1-9H,(H,19,20,21). The summed E-state index contributed by atoms with van der Waals surface area (Å²) in [5, 5.41) is 6.00. The van der Waals surface area contributed by atoms with Crippen molar-refractivity contribution in [3.05, 3.63) is 68.1 Å². The predicted octanol–water partition coefficient (Wildman–Crippen LogP) is 5.32. The molecule has 110 valence electrons. The van der Waals surface area contributed by atoms with Gasteiger partial charge in [-0.1, -0.05) is 29.8 Å². The number of hydrogen-bond donors (Lipinski definition) is 1. The number of nitrogens with one attached hydrogen (secondary N) is 1. The van der Waals surface area contributed by atoms with Crippen molar-refractivity contribution in [2.24, 2.45) is 0 Å². The van der Waals surface area contributed by atoms with E-state index in [-0.39, 0.29) is 5.91 Å². The second kappa shape index (κ2) is 6.76. The lowest BCUT2D eigenvalue weighted by molar-refractivity contribution is 0.102. The van der Waals surface area contributed by atoms with Gasteiger partial charge in [0.1, 0.15) is 0 Å². The Hall–Kier alpha value is -1.44. The molecule has 22 heavy (non-hydrogen) atoms.